The van der Waals surface area contributed by atoms with Crippen LogP contribution in [0.25, 0.3) is 11.0 Å². The molecule has 2 aromatic heterocycles. The molecule has 0 saturated heterocycles. The number of amides is 1. The van der Waals surface area contributed by atoms with E-state index in [1.54, 1.807) is 12.1 Å². The Bertz CT molecular complexity index is 1400. The summed E-state index contributed by atoms with van der Waals surface area (Å²) in [4.78, 5) is 41.7. The van der Waals surface area contributed by atoms with Gasteiger partial charge in [-0.15, -0.1) is 0 Å². The normalized spacial score (nSPS) is 11.1. The molecule has 0 aliphatic rings. The minimum Gasteiger partial charge on any atom is -0.450 e. The first-order valence-corrected chi connectivity index (χ1v) is 9.86. The minimum absolute atomic E-state index is 0.0372. The number of nitrogen functional groups attached to an aromatic ring is 1. The Kier molecular flexibility index (Phi) is 5.65. The van der Waals surface area contributed by atoms with Crippen molar-refractivity contribution in [2.24, 2.45) is 0 Å². The molecule has 0 bridgehead atoms. The number of rotatable bonds is 6. The topological polar surface area (TPSA) is 124 Å². The van der Waals surface area contributed by atoms with Crippen LogP contribution in [0.1, 0.15) is 21.7 Å². The van der Waals surface area contributed by atoms with Gasteiger partial charge in [0.15, 0.2) is 11.4 Å². The fourth-order valence-corrected chi connectivity index (χ4v) is 3.64. The summed E-state index contributed by atoms with van der Waals surface area (Å²) in [5.41, 5.74) is 6.54. The number of methoxy groups -OCH3 is 1. The Balaban J connectivity index is 1.79. The zero-order chi connectivity index (χ0) is 22.8. The summed E-state index contributed by atoms with van der Waals surface area (Å²) in [6, 6.07) is 16.4. The van der Waals surface area contributed by atoms with Gasteiger partial charge in [-0.05, 0) is 11.6 Å². The summed E-state index contributed by atoms with van der Waals surface area (Å²) < 4.78 is 12.3. The summed E-state index contributed by atoms with van der Waals surface area (Å²) in [5.74, 6) is -0.673. The number of fused-ring (bicyclic) bond motifs is 1. The number of anilines is 2. The molecule has 0 fully saturated rings. The molecular formula is C23H22N4O5. The van der Waals surface area contributed by atoms with Crippen molar-refractivity contribution < 1.29 is 13.9 Å². The molecule has 2 heterocycles. The summed E-state index contributed by atoms with van der Waals surface area (Å²) in [7, 11) is 2.92. The molecule has 32 heavy (non-hydrogen) atoms. The van der Waals surface area contributed by atoms with Crippen LogP contribution in [0.3, 0.4) is 0 Å². The Hall–Kier alpha value is -4.11. The molecule has 0 saturated carbocycles. The van der Waals surface area contributed by atoms with E-state index in [9.17, 15) is 14.4 Å². The second kappa shape index (κ2) is 8.56. The number of carbonyl (C=O) groups is 1. The molecule has 0 radical (unpaired) electrons. The number of para-hydroxylation sites is 1. The second-order valence-electron chi connectivity index (χ2n) is 7.27. The highest BCUT2D eigenvalue weighted by atomic mass is 16.5. The van der Waals surface area contributed by atoms with E-state index in [1.807, 2.05) is 42.5 Å². The third-order valence-electron chi connectivity index (χ3n) is 5.22. The van der Waals surface area contributed by atoms with E-state index in [0.29, 0.717) is 11.1 Å². The maximum absolute atomic E-state index is 13.4. The molecule has 4 aromatic rings. The molecule has 3 N–H and O–H groups in total. The van der Waals surface area contributed by atoms with Crippen LogP contribution in [0, 0.1) is 0 Å². The van der Waals surface area contributed by atoms with Crippen molar-refractivity contribution >= 4 is 28.4 Å². The number of aromatic amines is 1. The van der Waals surface area contributed by atoms with E-state index in [1.165, 1.54) is 18.7 Å². The van der Waals surface area contributed by atoms with Crippen LogP contribution in [0.4, 0.5) is 11.5 Å². The smallest absolute Gasteiger partial charge is 0.330 e. The number of nitrogens with one attached hydrogen (secondary N) is 1. The van der Waals surface area contributed by atoms with Gasteiger partial charge in [-0.2, -0.15) is 0 Å². The van der Waals surface area contributed by atoms with E-state index in [-0.39, 0.29) is 30.4 Å². The molecule has 9 nitrogen and oxygen atoms in total. The number of hydrogen-bond acceptors (Lipinski definition) is 6. The molecule has 0 unspecified atom stereocenters. The van der Waals surface area contributed by atoms with Crippen LogP contribution in [0.2, 0.25) is 0 Å². The van der Waals surface area contributed by atoms with E-state index < -0.39 is 17.2 Å². The lowest BCUT2D eigenvalue weighted by Crippen LogP contribution is -2.39. The van der Waals surface area contributed by atoms with Crippen LogP contribution < -0.4 is 21.9 Å². The fraction of sp³-hybridized carbons (Fsp3) is 0.174. The molecule has 0 atom stereocenters. The molecule has 4 rings (SSSR count). The van der Waals surface area contributed by atoms with Gasteiger partial charge in [-0.1, -0.05) is 48.5 Å². The van der Waals surface area contributed by atoms with Crippen molar-refractivity contribution in [1.82, 2.24) is 9.55 Å². The van der Waals surface area contributed by atoms with Crippen molar-refractivity contribution in [3.8, 4) is 0 Å². The van der Waals surface area contributed by atoms with Gasteiger partial charge < -0.3 is 19.8 Å². The number of nitrogens with two attached hydrogens (primary N) is 1. The summed E-state index contributed by atoms with van der Waals surface area (Å²) in [5, 5.41) is 0.738. The fourth-order valence-electron chi connectivity index (χ4n) is 3.64. The van der Waals surface area contributed by atoms with Gasteiger partial charge in [0.1, 0.15) is 11.4 Å². The number of H-pyrrole nitrogens is 1. The monoisotopic (exact) mass is 434 g/mol. The number of benzene rings is 2. The molecule has 0 spiro atoms. The number of hydrogen-bond donors (Lipinski definition) is 2. The molecular weight excluding hydrogens is 412 g/mol. The van der Waals surface area contributed by atoms with Gasteiger partial charge in [-0.3, -0.25) is 19.1 Å². The standard InChI is InChI=1S/C23H22N4O5/c1-26(22(29)19-16(13-31-2)15-10-6-7-11-17(15)32-19)18-20(24)27(23(30)25-21(18)28)12-14-8-4-3-5-9-14/h3-11H,12-13,24H2,1-2H3,(H,25,28,30). The maximum Gasteiger partial charge on any atom is 0.330 e. The van der Waals surface area contributed by atoms with E-state index in [2.05, 4.69) is 4.98 Å². The van der Waals surface area contributed by atoms with Gasteiger partial charge in [0.25, 0.3) is 11.5 Å². The second-order valence-corrected chi connectivity index (χ2v) is 7.27. The zero-order valence-electron chi connectivity index (χ0n) is 17.6. The lowest BCUT2D eigenvalue weighted by molar-refractivity contribution is 0.0961. The molecule has 0 aliphatic heterocycles. The minimum atomic E-state index is -0.767. The predicted molar refractivity (Wildman–Crippen MR) is 121 cm³/mol. The SMILES string of the molecule is COCc1c(C(=O)N(C)c2c(N)n(Cc3ccccc3)c(=O)[nH]c2=O)oc2ccccc12. The number of ether oxygens (including phenoxy) is 1. The number of nitrogens with zero attached hydrogens (tertiary/aromatic N) is 2. The first kappa shape index (κ1) is 21.1. The van der Waals surface area contributed by atoms with E-state index in [0.717, 1.165) is 15.8 Å². The van der Waals surface area contributed by atoms with Crippen molar-refractivity contribution in [2.75, 3.05) is 24.8 Å². The van der Waals surface area contributed by atoms with Crippen LogP contribution in [-0.2, 0) is 17.9 Å². The van der Waals surface area contributed by atoms with Crippen molar-refractivity contribution in [1.29, 1.82) is 0 Å². The van der Waals surface area contributed by atoms with Crippen molar-refractivity contribution in [3.63, 3.8) is 0 Å². The number of aromatic nitrogens is 2. The van der Waals surface area contributed by atoms with Gasteiger partial charge in [-0.25, -0.2) is 4.79 Å². The Morgan fingerprint density at radius 1 is 1.12 bits per heavy atom. The molecule has 2 aromatic carbocycles. The average molecular weight is 434 g/mol. The lowest BCUT2D eigenvalue weighted by atomic mass is 10.1. The number of carbonyl (C=O) groups excluding carboxylic acids is 1. The van der Waals surface area contributed by atoms with E-state index >= 15 is 0 Å². The van der Waals surface area contributed by atoms with Crippen molar-refractivity contribution in [3.05, 3.63) is 92.3 Å². The lowest BCUT2D eigenvalue weighted by Gasteiger charge is -2.20. The van der Waals surface area contributed by atoms with E-state index in [4.69, 9.17) is 14.9 Å². The highest BCUT2D eigenvalue weighted by molar-refractivity contribution is 6.08. The van der Waals surface area contributed by atoms with Gasteiger partial charge in [0.2, 0.25) is 0 Å². The first-order chi connectivity index (χ1) is 15.4. The first-order valence-electron chi connectivity index (χ1n) is 9.86. The quantitative estimate of drug-likeness (QED) is 0.480. The van der Waals surface area contributed by atoms with Gasteiger partial charge in [0, 0.05) is 25.1 Å². The van der Waals surface area contributed by atoms with Crippen LogP contribution in [0.5, 0.6) is 0 Å². The maximum atomic E-state index is 13.4. The highest BCUT2D eigenvalue weighted by Crippen LogP contribution is 2.29. The molecule has 9 heteroatoms. The molecule has 0 aliphatic carbocycles. The van der Waals surface area contributed by atoms with Crippen LogP contribution in [0.15, 0.2) is 68.6 Å². The zero-order valence-corrected chi connectivity index (χ0v) is 17.6. The number of furan rings is 1. The Morgan fingerprint density at radius 2 is 1.81 bits per heavy atom. The third-order valence-corrected chi connectivity index (χ3v) is 5.22. The average Bonchev–Trinajstić information content (AvgIpc) is 3.15. The molecule has 1 amide bonds. The van der Waals surface area contributed by atoms with Gasteiger partial charge in [0.05, 0.1) is 13.2 Å². The largest absolute Gasteiger partial charge is 0.450 e. The Morgan fingerprint density at radius 3 is 2.53 bits per heavy atom. The highest BCUT2D eigenvalue weighted by Gasteiger charge is 2.28. The van der Waals surface area contributed by atoms with Crippen LogP contribution in [-0.4, -0.2) is 29.6 Å². The molecule has 164 valence electrons. The van der Waals surface area contributed by atoms with Gasteiger partial charge >= 0.3 is 5.69 Å². The Labute approximate surface area is 182 Å². The van der Waals surface area contributed by atoms with Crippen LogP contribution >= 0.6 is 0 Å². The van der Waals surface area contributed by atoms with Crippen molar-refractivity contribution in [2.45, 2.75) is 13.2 Å². The summed E-state index contributed by atoms with van der Waals surface area (Å²) >= 11 is 0. The summed E-state index contributed by atoms with van der Waals surface area (Å²) in [6.45, 7) is 0.280. The predicted octanol–water partition coefficient (Wildman–Crippen LogP) is 2.34. The third kappa shape index (κ3) is 3.69. The summed E-state index contributed by atoms with van der Waals surface area (Å²) in [6.07, 6.45) is 0.